The van der Waals surface area contributed by atoms with Gasteiger partial charge in [-0.1, -0.05) is 55.3 Å². The van der Waals surface area contributed by atoms with Crippen LogP contribution in [-0.2, 0) is 0 Å². The lowest BCUT2D eigenvalue weighted by Gasteiger charge is -2.17. The Balaban J connectivity index is 2.17. The van der Waals surface area contributed by atoms with E-state index in [1.165, 1.54) is 0 Å². The number of hydrogen-bond acceptors (Lipinski definition) is 2. The van der Waals surface area contributed by atoms with Gasteiger partial charge in [-0.05, 0) is 44.0 Å². The van der Waals surface area contributed by atoms with Crippen LogP contribution in [0.2, 0.25) is 5.02 Å². The number of nitrogens with zero attached hydrogens (tertiary/aromatic N) is 1. The third kappa shape index (κ3) is 3.73. The minimum absolute atomic E-state index is 0.0506. The quantitative estimate of drug-likeness (QED) is 0.621. The van der Waals surface area contributed by atoms with E-state index in [2.05, 4.69) is 12.2 Å². The van der Waals surface area contributed by atoms with E-state index >= 15 is 0 Å². The maximum absolute atomic E-state index is 13.1. The molecule has 0 bridgehead atoms. The fraction of sp³-hybridized carbons (Fsp3) is 0.273. The molecule has 0 unspecified atom stereocenters. The molecule has 4 heteroatoms. The van der Waals surface area contributed by atoms with Gasteiger partial charge in [0, 0.05) is 22.0 Å². The van der Waals surface area contributed by atoms with Gasteiger partial charge in [-0.2, -0.15) is 0 Å². The molecule has 0 saturated heterocycles. The zero-order chi connectivity index (χ0) is 18.7. The smallest absolute Gasteiger partial charge is 0.252 e. The number of hydrogen-bond donors (Lipinski definition) is 1. The van der Waals surface area contributed by atoms with Crippen molar-refractivity contribution in [2.45, 2.75) is 39.7 Å². The summed E-state index contributed by atoms with van der Waals surface area (Å²) in [5.74, 6) is -0.0506. The summed E-state index contributed by atoms with van der Waals surface area (Å²) in [6, 6.07) is 15.5. The standard InChI is InChI=1S/C22H23ClN2O/c1-4-8-14(2)24-22(26)20-15(3)21(16-9-7-10-17(23)13-16)25-19-12-6-5-11-18(19)20/h5-7,9-14H,4,8H2,1-3H3,(H,24,26)/t14-/m1/s1. The molecular weight excluding hydrogens is 344 g/mol. The summed E-state index contributed by atoms with van der Waals surface area (Å²) in [5.41, 5.74) is 4.07. The maximum Gasteiger partial charge on any atom is 0.252 e. The van der Waals surface area contributed by atoms with Gasteiger partial charge in [0.05, 0.1) is 16.8 Å². The van der Waals surface area contributed by atoms with Gasteiger partial charge in [0.1, 0.15) is 0 Å². The van der Waals surface area contributed by atoms with Gasteiger partial charge in [-0.3, -0.25) is 4.79 Å². The number of amides is 1. The van der Waals surface area contributed by atoms with Crippen molar-refractivity contribution >= 4 is 28.4 Å². The molecule has 1 N–H and O–H groups in total. The highest BCUT2D eigenvalue weighted by molar-refractivity contribution is 6.30. The zero-order valence-corrected chi connectivity index (χ0v) is 16.1. The van der Waals surface area contributed by atoms with Crippen LogP contribution in [0.1, 0.15) is 42.6 Å². The second kappa shape index (κ2) is 7.88. The summed E-state index contributed by atoms with van der Waals surface area (Å²) in [4.78, 5) is 17.9. The van der Waals surface area contributed by atoms with Crippen molar-refractivity contribution in [3.63, 3.8) is 0 Å². The monoisotopic (exact) mass is 366 g/mol. The predicted octanol–water partition coefficient (Wildman–Crippen LogP) is 5.78. The highest BCUT2D eigenvalue weighted by Gasteiger charge is 2.20. The largest absolute Gasteiger partial charge is 0.350 e. The minimum atomic E-state index is -0.0506. The van der Waals surface area contributed by atoms with Gasteiger partial charge < -0.3 is 5.32 Å². The molecule has 26 heavy (non-hydrogen) atoms. The van der Waals surface area contributed by atoms with Crippen molar-refractivity contribution in [1.29, 1.82) is 0 Å². The Morgan fingerprint density at radius 1 is 1.19 bits per heavy atom. The number of carbonyl (C=O) groups is 1. The van der Waals surface area contributed by atoms with E-state index in [9.17, 15) is 4.79 Å². The first-order chi connectivity index (χ1) is 12.5. The average molecular weight is 367 g/mol. The van der Waals surface area contributed by atoms with Crippen LogP contribution < -0.4 is 5.32 Å². The van der Waals surface area contributed by atoms with E-state index in [4.69, 9.17) is 16.6 Å². The predicted molar refractivity (Wildman–Crippen MR) is 109 cm³/mol. The van der Waals surface area contributed by atoms with Gasteiger partial charge in [0.15, 0.2) is 0 Å². The number of aromatic nitrogens is 1. The zero-order valence-electron chi connectivity index (χ0n) is 15.3. The molecule has 0 spiro atoms. The van der Waals surface area contributed by atoms with Crippen molar-refractivity contribution in [1.82, 2.24) is 10.3 Å². The Kier molecular flexibility index (Phi) is 5.58. The van der Waals surface area contributed by atoms with Crippen molar-refractivity contribution < 1.29 is 4.79 Å². The average Bonchev–Trinajstić information content (AvgIpc) is 2.61. The minimum Gasteiger partial charge on any atom is -0.350 e. The number of para-hydroxylation sites is 1. The van der Waals surface area contributed by atoms with E-state index in [0.29, 0.717) is 10.6 Å². The Labute approximate surface area is 159 Å². The summed E-state index contributed by atoms with van der Waals surface area (Å²) in [6.07, 6.45) is 1.99. The number of nitrogens with one attached hydrogen (secondary N) is 1. The molecule has 0 aliphatic carbocycles. The Hall–Kier alpha value is -2.39. The highest BCUT2D eigenvalue weighted by Crippen LogP contribution is 2.30. The first kappa shape index (κ1) is 18.4. The molecule has 1 atom stereocenters. The molecule has 0 aliphatic rings. The number of rotatable bonds is 5. The lowest BCUT2D eigenvalue weighted by Crippen LogP contribution is -2.33. The number of pyridine rings is 1. The van der Waals surface area contributed by atoms with Gasteiger partial charge >= 0.3 is 0 Å². The van der Waals surface area contributed by atoms with Crippen LogP contribution in [0, 0.1) is 6.92 Å². The van der Waals surface area contributed by atoms with Gasteiger partial charge in [-0.15, -0.1) is 0 Å². The third-order valence-electron chi connectivity index (χ3n) is 4.56. The Morgan fingerprint density at radius 2 is 1.96 bits per heavy atom. The number of halogens is 1. The lowest BCUT2D eigenvalue weighted by molar-refractivity contribution is 0.0939. The second-order valence-electron chi connectivity index (χ2n) is 6.65. The molecule has 0 saturated carbocycles. The molecule has 0 fully saturated rings. The van der Waals surface area contributed by atoms with Crippen LogP contribution in [0.5, 0.6) is 0 Å². The van der Waals surface area contributed by atoms with E-state index < -0.39 is 0 Å². The molecule has 3 rings (SSSR count). The molecule has 1 heterocycles. The summed E-state index contributed by atoms with van der Waals surface area (Å²) in [5, 5.41) is 4.65. The second-order valence-corrected chi connectivity index (χ2v) is 7.09. The highest BCUT2D eigenvalue weighted by atomic mass is 35.5. The molecule has 3 nitrogen and oxygen atoms in total. The molecule has 134 valence electrons. The van der Waals surface area contributed by atoms with Gasteiger partial charge in [-0.25, -0.2) is 4.98 Å². The Bertz CT molecular complexity index is 952. The van der Waals surface area contributed by atoms with E-state index in [-0.39, 0.29) is 11.9 Å². The Morgan fingerprint density at radius 3 is 2.69 bits per heavy atom. The molecular formula is C22H23ClN2O. The lowest BCUT2D eigenvalue weighted by atomic mass is 9.97. The van der Waals surface area contributed by atoms with Crippen molar-refractivity contribution in [2.24, 2.45) is 0 Å². The van der Waals surface area contributed by atoms with Crippen LogP contribution in [0.25, 0.3) is 22.2 Å². The molecule has 0 aliphatic heterocycles. The van der Waals surface area contributed by atoms with E-state index in [1.54, 1.807) is 0 Å². The van der Waals surface area contributed by atoms with Gasteiger partial charge in [0.2, 0.25) is 0 Å². The van der Waals surface area contributed by atoms with Crippen molar-refractivity contribution in [3.05, 3.63) is 64.7 Å². The van der Waals surface area contributed by atoms with Crippen molar-refractivity contribution in [3.8, 4) is 11.3 Å². The van der Waals surface area contributed by atoms with Crippen LogP contribution in [0.4, 0.5) is 0 Å². The van der Waals surface area contributed by atoms with Crippen LogP contribution in [-0.4, -0.2) is 16.9 Å². The summed E-state index contributed by atoms with van der Waals surface area (Å²) >= 11 is 6.16. The molecule has 2 aromatic carbocycles. The molecule has 1 amide bonds. The number of carbonyl (C=O) groups excluding carboxylic acids is 1. The van der Waals surface area contributed by atoms with Crippen LogP contribution >= 0.6 is 11.6 Å². The number of fused-ring (bicyclic) bond motifs is 1. The summed E-state index contributed by atoms with van der Waals surface area (Å²) < 4.78 is 0. The fourth-order valence-electron chi connectivity index (χ4n) is 3.32. The first-order valence-electron chi connectivity index (χ1n) is 8.97. The first-order valence-corrected chi connectivity index (χ1v) is 9.35. The SMILES string of the molecule is CCC[C@@H](C)NC(=O)c1c(C)c(-c2cccc(Cl)c2)nc2ccccc12. The normalized spacial score (nSPS) is 12.2. The van der Waals surface area contributed by atoms with Gasteiger partial charge in [0.25, 0.3) is 5.91 Å². The van der Waals surface area contributed by atoms with Crippen molar-refractivity contribution in [2.75, 3.05) is 0 Å². The fourth-order valence-corrected chi connectivity index (χ4v) is 3.51. The molecule has 1 aromatic heterocycles. The summed E-state index contributed by atoms with van der Waals surface area (Å²) in [6.45, 7) is 6.11. The number of benzene rings is 2. The molecule has 3 aromatic rings. The van der Waals surface area contributed by atoms with E-state index in [0.717, 1.165) is 40.6 Å². The summed E-state index contributed by atoms with van der Waals surface area (Å²) in [7, 11) is 0. The van der Waals surface area contributed by atoms with E-state index in [1.807, 2.05) is 62.4 Å². The maximum atomic E-state index is 13.1. The molecule has 0 radical (unpaired) electrons. The van der Waals surface area contributed by atoms with Crippen LogP contribution in [0.3, 0.4) is 0 Å². The van der Waals surface area contributed by atoms with Crippen LogP contribution in [0.15, 0.2) is 48.5 Å². The third-order valence-corrected chi connectivity index (χ3v) is 4.80. The topological polar surface area (TPSA) is 42.0 Å².